The number of esters is 1. The Morgan fingerprint density at radius 3 is 2.50 bits per heavy atom. The lowest BCUT2D eigenvalue weighted by Gasteiger charge is -2.08. The first kappa shape index (κ1) is 17.2. The summed E-state index contributed by atoms with van der Waals surface area (Å²) in [5.41, 5.74) is 4.84. The molecule has 2 amide bonds. The highest BCUT2D eigenvalue weighted by Gasteiger charge is 2.14. The van der Waals surface area contributed by atoms with Crippen LogP contribution in [0.1, 0.15) is 20.8 Å². The van der Waals surface area contributed by atoms with Crippen LogP contribution in [-0.4, -0.2) is 29.4 Å². The van der Waals surface area contributed by atoms with E-state index < -0.39 is 30.2 Å². The lowest BCUT2D eigenvalue weighted by Crippen LogP contribution is -2.43. The van der Waals surface area contributed by atoms with Gasteiger partial charge in [0.25, 0.3) is 11.8 Å². The van der Waals surface area contributed by atoms with E-state index in [0.29, 0.717) is 0 Å². The molecule has 7 nitrogen and oxygen atoms in total. The maximum Gasteiger partial charge on any atom is 0.355 e. The number of ether oxygens (including phenoxy) is 1. The number of amides is 2. The summed E-state index contributed by atoms with van der Waals surface area (Å²) in [5, 5.41) is 0.834. The van der Waals surface area contributed by atoms with E-state index in [1.807, 2.05) is 29.1 Å². The van der Waals surface area contributed by atoms with Gasteiger partial charge in [0, 0.05) is 10.9 Å². The fourth-order valence-electron chi connectivity index (χ4n) is 2.27. The van der Waals surface area contributed by atoms with Crippen molar-refractivity contribution in [3.8, 4) is 0 Å². The molecule has 2 aromatic carbocycles. The van der Waals surface area contributed by atoms with Crippen LogP contribution in [0, 0.1) is 5.82 Å². The second kappa shape index (κ2) is 7.47. The number of H-pyrrole nitrogens is 1. The standard InChI is InChI=1S/C18H14FN3O4/c19-13-7-3-2-6-12(13)17(24)22-21-16(23)10-26-18(25)15-9-11-5-1-4-8-14(11)20-15/h1-9,20H,10H2,(H,21,23)(H,22,24). The molecule has 26 heavy (non-hydrogen) atoms. The molecule has 0 fully saturated rings. The fraction of sp³-hybridized carbons (Fsp3) is 0.0556. The summed E-state index contributed by atoms with van der Waals surface area (Å²) in [6.45, 7) is -0.605. The molecular formula is C18H14FN3O4. The van der Waals surface area contributed by atoms with Gasteiger partial charge >= 0.3 is 5.97 Å². The van der Waals surface area contributed by atoms with Crippen LogP contribution in [0.4, 0.5) is 4.39 Å². The topological polar surface area (TPSA) is 100 Å². The summed E-state index contributed by atoms with van der Waals surface area (Å²) < 4.78 is 18.3. The van der Waals surface area contributed by atoms with E-state index in [2.05, 4.69) is 4.98 Å². The number of benzene rings is 2. The minimum atomic E-state index is -0.821. The zero-order valence-corrected chi connectivity index (χ0v) is 13.4. The van der Waals surface area contributed by atoms with Gasteiger partial charge in [-0.05, 0) is 24.3 Å². The number of aromatic nitrogens is 1. The minimum absolute atomic E-state index is 0.203. The van der Waals surface area contributed by atoms with Crippen molar-refractivity contribution in [3.05, 3.63) is 71.7 Å². The van der Waals surface area contributed by atoms with E-state index >= 15 is 0 Å². The highest BCUT2D eigenvalue weighted by atomic mass is 19.1. The average molecular weight is 355 g/mol. The Bertz CT molecular complexity index is 950. The van der Waals surface area contributed by atoms with E-state index in [-0.39, 0.29) is 11.3 Å². The summed E-state index contributed by atoms with van der Waals surface area (Å²) in [6, 6.07) is 14.2. The Kier molecular flexibility index (Phi) is 4.93. The van der Waals surface area contributed by atoms with Crippen LogP contribution in [0.5, 0.6) is 0 Å². The number of rotatable bonds is 4. The van der Waals surface area contributed by atoms with Crippen LogP contribution in [-0.2, 0) is 9.53 Å². The van der Waals surface area contributed by atoms with E-state index in [1.54, 1.807) is 12.1 Å². The molecule has 3 rings (SSSR count). The van der Waals surface area contributed by atoms with Gasteiger partial charge in [-0.2, -0.15) is 0 Å². The zero-order valence-electron chi connectivity index (χ0n) is 13.4. The van der Waals surface area contributed by atoms with Gasteiger partial charge in [0.1, 0.15) is 11.5 Å². The Balaban J connectivity index is 1.50. The predicted octanol–water partition coefficient (Wildman–Crippen LogP) is 1.92. The molecule has 0 radical (unpaired) electrons. The normalized spacial score (nSPS) is 10.3. The molecular weight excluding hydrogens is 341 g/mol. The number of hydrogen-bond donors (Lipinski definition) is 3. The maximum absolute atomic E-state index is 13.4. The van der Waals surface area contributed by atoms with Crippen molar-refractivity contribution < 1.29 is 23.5 Å². The molecule has 0 bridgehead atoms. The molecule has 0 spiro atoms. The van der Waals surface area contributed by atoms with Gasteiger partial charge in [0.15, 0.2) is 6.61 Å². The van der Waals surface area contributed by atoms with Gasteiger partial charge in [0.05, 0.1) is 5.56 Å². The summed E-state index contributed by atoms with van der Waals surface area (Å²) in [7, 11) is 0. The monoisotopic (exact) mass is 355 g/mol. The summed E-state index contributed by atoms with van der Waals surface area (Å²) in [5.74, 6) is -3.01. The first-order valence-electron chi connectivity index (χ1n) is 7.63. The van der Waals surface area contributed by atoms with Crippen molar-refractivity contribution in [2.45, 2.75) is 0 Å². The summed E-state index contributed by atoms with van der Waals surface area (Å²) >= 11 is 0. The summed E-state index contributed by atoms with van der Waals surface area (Å²) in [4.78, 5) is 38.2. The van der Waals surface area contributed by atoms with Gasteiger partial charge in [0.2, 0.25) is 0 Å². The van der Waals surface area contributed by atoms with Crippen LogP contribution in [0.25, 0.3) is 10.9 Å². The number of carbonyl (C=O) groups is 3. The molecule has 0 saturated heterocycles. The van der Waals surface area contributed by atoms with Crippen molar-refractivity contribution in [1.82, 2.24) is 15.8 Å². The first-order valence-corrected chi connectivity index (χ1v) is 7.63. The maximum atomic E-state index is 13.4. The average Bonchev–Trinajstić information content (AvgIpc) is 3.09. The van der Waals surface area contributed by atoms with Crippen molar-refractivity contribution >= 4 is 28.7 Å². The van der Waals surface area contributed by atoms with E-state index in [1.165, 1.54) is 18.2 Å². The van der Waals surface area contributed by atoms with Crippen LogP contribution < -0.4 is 10.9 Å². The van der Waals surface area contributed by atoms with Gasteiger partial charge in [-0.25, -0.2) is 9.18 Å². The lowest BCUT2D eigenvalue weighted by atomic mass is 10.2. The number of nitrogens with one attached hydrogen (secondary N) is 3. The fourth-order valence-corrected chi connectivity index (χ4v) is 2.27. The Labute approximate surface area is 147 Å². The van der Waals surface area contributed by atoms with E-state index in [0.717, 1.165) is 17.0 Å². The second-order valence-corrected chi connectivity index (χ2v) is 5.33. The minimum Gasteiger partial charge on any atom is -0.451 e. The number of para-hydroxylation sites is 1. The smallest absolute Gasteiger partial charge is 0.355 e. The van der Waals surface area contributed by atoms with Crippen LogP contribution >= 0.6 is 0 Å². The molecule has 8 heteroatoms. The van der Waals surface area contributed by atoms with Gasteiger partial charge < -0.3 is 9.72 Å². The van der Waals surface area contributed by atoms with Crippen LogP contribution in [0.3, 0.4) is 0 Å². The molecule has 0 saturated carbocycles. The number of hydrogen-bond acceptors (Lipinski definition) is 4. The molecule has 0 aliphatic heterocycles. The van der Waals surface area contributed by atoms with E-state index in [4.69, 9.17) is 4.74 Å². The van der Waals surface area contributed by atoms with Crippen LogP contribution in [0.15, 0.2) is 54.6 Å². The van der Waals surface area contributed by atoms with Gasteiger partial charge in [-0.1, -0.05) is 30.3 Å². The third-order valence-electron chi connectivity index (χ3n) is 3.52. The molecule has 132 valence electrons. The molecule has 0 atom stereocenters. The lowest BCUT2D eigenvalue weighted by molar-refractivity contribution is -0.125. The van der Waals surface area contributed by atoms with Crippen molar-refractivity contribution in [2.24, 2.45) is 0 Å². The molecule has 0 unspecified atom stereocenters. The van der Waals surface area contributed by atoms with Crippen molar-refractivity contribution in [3.63, 3.8) is 0 Å². The predicted molar refractivity (Wildman–Crippen MR) is 90.6 cm³/mol. The number of halogens is 1. The summed E-state index contributed by atoms with van der Waals surface area (Å²) in [6.07, 6.45) is 0. The Morgan fingerprint density at radius 2 is 1.73 bits per heavy atom. The molecule has 1 heterocycles. The quantitative estimate of drug-likeness (QED) is 0.492. The Hall–Kier alpha value is -3.68. The number of hydrazine groups is 1. The van der Waals surface area contributed by atoms with Crippen LogP contribution in [0.2, 0.25) is 0 Å². The van der Waals surface area contributed by atoms with E-state index in [9.17, 15) is 18.8 Å². The highest BCUT2D eigenvalue weighted by molar-refractivity contribution is 5.97. The van der Waals surface area contributed by atoms with Gasteiger partial charge in [-0.3, -0.25) is 20.4 Å². The Morgan fingerprint density at radius 1 is 1.00 bits per heavy atom. The molecule has 3 N–H and O–H groups in total. The first-order chi connectivity index (χ1) is 12.5. The highest BCUT2D eigenvalue weighted by Crippen LogP contribution is 2.15. The third-order valence-corrected chi connectivity index (χ3v) is 3.52. The van der Waals surface area contributed by atoms with Crippen molar-refractivity contribution in [1.29, 1.82) is 0 Å². The number of aromatic amines is 1. The zero-order chi connectivity index (χ0) is 18.5. The molecule has 0 aliphatic rings. The molecule has 3 aromatic rings. The third kappa shape index (κ3) is 3.86. The number of carbonyl (C=O) groups excluding carboxylic acids is 3. The van der Waals surface area contributed by atoms with Crippen molar-refractivity contribution in [2.75, 3.05) is 6.61 Å². The largest absolute Gasteiger partial charge is 0.451 e. The van der Waals surface area contributed by atoms with Gasteiger partial charge in [-0.15, -0.1) is 0 Å². The molecule has 0 aliphatic carbocycles. The SMILES string of the molecule is O=C(COC(=O)c1cc2ccccc2[nH]1)NNC(=O)c1ccccc1F. The number of fused-ring (bicyclic) bond motifs is 1. The second-order valence-electron chi connectivity index (χ2n) is 5.33. The molecule has 1 aromatic heterocycles.